The van der Waals surface area contributed by atoms with Crippen molar-refractivity contribution in [3.05, 3.63) is 46.5 Å². The lowest BCUT2D eigenvalue weighted by molar-refractivity contribution is -0.160. The number of benzene rings is 2. The van der Waals surface area contributed by atoms with Crippen molar-refractivity contribution in [1.29, 1.82) is 0 Å². The van der Waals surface area contributed by atoms with Gasteiger partial charge in [0, 0.05) is 50.5 Å². The van der Waals surface area contributed by atoms with Gasteiger partial charge in [-0.25, -0.2) is 9.59 Å². The van der Waals surface area contributed by atoms with Crippen LogP contribution in [-0.4, -0.2) is 146 Å². The van der Waals surface area contributed by atoms with E-state index in [1.165, 1.54) is 18.2 Å². The third-order valence-corrected chi connectivity index (χ3v) is 12.0. The number of phenols is 2. The van der Waals surface area contributed by atoms with E-state index >= 15 is 0 Å². The van der Waals surface area contributed by atoms with Crippen LogP contribution in [0.2, 0.25) is 0 Å². The molecule has 0 spiro atoms. The maximum atomic E-state index is 12.9. The van der Waals surface area contributed by atoms with Gasteiger partial charge >= 0.3 is 29.8 Å². The number of amides is 2. The number of β-amino-alcohol motifs (C(OH)–C–C–N with tert-alkyl or cyclic N) is 1. The highest BCUT2D eigenvalue weighted by atomic mass is 16.6. The third-order valence-electron chi connectivity index (χ3n) is 12.0. The van der Waals surface area contributed by atoms with Crippen LogP contribution in [0.25, 0.3) is 0 Å². The van der Waals surface area contributed by atoms with Crippen molar-refractivity contribution in [2.24, 2.45) is 28.1 Å². The van der Waals surface area contributed by atoms with Crippen molar-refractivity contribution in [3.63, 3.8) is 0 Å². The lowest BCUT2D eigenvalue weighted by Crippen LogP contribution is -2.53. The zero-order chi connectivity index (χ0) is 57.6. The molecule has 2 aromatic rings. The number of phenolic OH excluding ortho intramolecular Hbond substituents is 2. The first-order chi connectivity index (χ1) is 35.0. The van der Waals surface area contributed by atoms with Gasteiger partial charge in [-0.05, 0) is 152 Å². The predicted molar refractivity (Wildman–Crippen MR) is 280 cm³/mol. The molecule has 2 heterocycles. The Bertz CT molecular complexity index is 2350. The summed E-state index contributed by atoms with van der Waals surface area (Å²) in [5.74, 6) is -4.29. The van der Waals surface area contributed by atoms with Crippen LogP contribution in [0.3, 0.4) is 0 Å². The van der Waals surface area contributed by atoms with E-state index in [1.54, 1.807) is 76.2 Å². The van der Waals surface area contributed by atoms with Crippen molar-refractivity contribution >= 4 is 41.7 Å². The summed E-state index contributed by atoms with van der Waals surface area (Å²) in [5.41, 5.74) is -2.44. The van der Waals surface area contributed by atoms with Crippen LogP contribution in [-0.2, 0) is 47.7 Å². The predicted octanol–water partition coefficient (Wildman–Crippen LogP) is 4.98. The summed E-state index contributed by atoms with van der Waals surface area (Å²) in [7, 11) is 0. The van der Waals surface area contributed by atoms with Gasteiger partial charge < -0.3 is 69.7 Å². The fraction of sp³-hybridized carbons (Fsp3) is 0.655. The molecule has 2 amide bonds. The molecule has 0 saturated carbocycles. The number of aliphatic hydroxyl groups is 1. The quantitative estimate of drug-likeness (QED) is 0.0375. The van der Waals surface area contributed by atoms with E-state index < -0.39 is 75.1 Å². The summed E-state index contributed by atoms with van der Waals surface area (Å²) < 4.78 is 37.9. The lowest BCUT2D eigenvalue weighted by Gasteiger charge is -2.30. The average Bonchev–Trinajstić information content (AvgIpc) is 4.07. The number of nitrogens with one attached hydrogen (secondary N) is 4. The molecule has 2 fully saturated rings. The second-order valence-corrected chi connectivity index (χ2v) is 23.8. The monoisotopic (exact) mass is 1070 g/mol. The summed E-state index contributed by atoms with van der Waals surface area (Å²) in [6.45, 7) is 28.5. The van der Waals surface area contributed by atoms with Crippen LogP contribution < -0.4 is 30.7 Å². The average molecular weight is 1070 g/mol. The summed E-state index contributed by atoms with van der Waals surface area (Å²) in [6.07, 6.45) is -0.416. The van der Waals surface area contributed by atoms with Crippen LogP contribution in [0, 0.1) is 41.9 Å². The van der Waals surface area contributed by atoms with Gasteiger partial charge in [0.1, 0.15) is 25.4 Å². The van der Waals surface area contributed by atoms with Gasteiger partial charge in [-0.3, -0.25) is 24.0 Å². The molecule has 0 bridgehead atoms. The van der Waals surface area contributed by atoms with E-state index in [1.807, 2.05) is 27.7 Å². The van der Waals surface area contributed by atoms with Crippen molar-refractivity contribution < 1.29 is 82.0 Å². The molecule has 21 nitrogen and oxygen atoms in total. The van der Waals surface area contributed by atoms with E-state index in [0.29, 0.717) is 63.5 Å². The van der Waals surface area contributed by atoms with Crippen molar-refractivity contribution in [2.45, 2.75) is 140 Å². The van der Waals surface area contributed by atoms with E-state index in [9.17, 15) is 48.9 Å². The van der Waals surface area contributed by atoms with Crippen LogP contribution in [0.15, 0.2) is 24.3 Å². The molecule has 21 heteroatoms. The minimum atomic E-state index is -1.03. The molecule has 4 atom stereocenters. The van der Waals surface area contributed by atoms with Gasteiger partial charge in [0.25, 0.3) is 0 Å². The number of carbonyl (C=O) groups excluding carboxylic acids is 7. The highest BCUT2D eigenvalue weighted by molar-refractivity contribution is 5.93. The van der Waals surface area contributed by atoms with E-state index in [0.717, 1.165) is 6.07 Å². The van der Waals surface area contributed by atoms with Gasteiger partial charge in [0.05, 0.1) is 52.4 Å². The molecule has 2 aliphatic heterocycles. The van der Waals surface area contributed by atoms with Crippen LogP contribution in [0.4, 0.5) is 0 Å². The number of aromatic hydroxyl groups is 2. The summed E-state index contributed by atoms with van der Waals surface area (Å²) >= 11 is 0. The molecule has 0 radical (unpaired) electrons. The molecule has 2 aromatic carbocycles. The van der Waals surface area contributed by atoms with Crippen molar-refractivity contribution in [2.75, 3.05) is 65.8 Å². The first-order valence-corrected chi connectivity index (χ1v) is 25.6. The molecule has 2 saturated heterocycles. The molecule has 0 aromatic heterocycles. The second kappa shape index (κ2) is 27.4. The van der Waals surface area contributed by atoms with E-state index in [4.69, 9.17) is 33.2 Å². The number of carbonyl (C=O) groups is 7. The van der Waals surface area contributed by atoms with E-state index in [-0.39, 0.29) is 78.3 Å². The lowest BCUT2D eigenvalue weighted by atomic mass is 9.97. The van der Waals surface area contributed by atoms with Crippen LogP contribution in [0.5, 0.6) is 23.0 Å². The first kappa shape index (κ1) is 64.4. The Hall–Kier alpha value is -5.87. The fourth-order valence-corrected chi connectivity index (χ4v) is 6.76. The maximum Gasteiger partial charge on any atom is 0.338 e. The Morgan fingerprint density at radius 3 is 1.43 bits per heavy atom. The Balaban J connectivity index is 0.000000405. The van der Waals surface area contributed by atoms with Gasteiger partial charge in [-0.1, -0.05) is 0 Å². The highest BCUT2D eigenvalue weighted by Gasteiger charge is 2.33. The zero-order valence-electron chi connectivity index (χ0n) is 47.2. The Morgan fingerprint density at radius 1 is 0.579 bits per heavy atom. The largest absolute Gasteiger partial charge is 0.504 e. The molecule has 76 heavy (non-hydrogen) atoms. The molecule has 0 aliphatic carbocycles. The molecule has 426 valence electrons. The standard InChI is InChI=1S/C30H46N2O9.C25H38N2O8/c1-18-12-22(40-26(36)28(2,3)4)23(41-27(37)29(5,6)7)13-21(18)25(35)39-16-20(33)14-32-30(8,9)17-31-24(34)19-10-11-38-15-19;1-15-9-19(28)20(29)10-18(15)22(31)34-13-17(35-23(32)24(2,3)4)11-27-25(5,6)14-26-21(30)16-7-8-33-12-16/h12-13,19-20,32-33H,10-11,14-17H2,1-9H3,(H,31,34);9-10,16-17,27-29H,7-8,11-14H2,1-6H3,(H,26,30). The molecular weight excluding hydrogens is 989 g/mol. The molecule has 7 N–H and O–H groups in total. The minimum Gasteiger partial charge on any atom is -0.504 e. The Kier molecular flexibility index (Phi) is 23.3. The zero-order valence-corrected chi connectivity index (χ0v) is 47.2. The van der Waals surface area contributed by atoms with Gasteiger partial charge in [0.15, 0.2) is 23.0 Å². The second-order valence-electron chi connectivity index (χ2n) is 23.8. The normalized spacial score (nSPS) is 16.8. The topological polar surface area (TPSA) is 293 Å². The number of hydrogen-bond donors (Lipinski definition) is 7. The van der Waals surface area contributed by atoms with Crippen LogP contribution in [0.1, 0.15) is 135 Å². The maximum absolute atomic E-state index is 12.9. The number of ether oxygens (including phenoxy) is 7. The minimum absolute atomic E-state index is 0.00980. The Labute approximate surface area is 447 Å². The van der Waals surface area contributed by atoms with Gasteiger partial charge in [-0.2, -0.15) is 0 Å². The smallest absolute Gasteiger partial charge is 0.338 e. The van der Waals surface area contributed by atoms with Crippen LogP contribution >= 0.6 is 0 Å². The van der Waals surface area contributed by atoms with Gasteiger partial charge in [0.2, 0.25) is 11.8 Å². The van der Waals surface area contributed by atoms with E-state index in [2.05, 4.69) is 21.3 Å². The molecule has 4 unspecified atom stereocenters. The third kappa shape index (κ3) is 21.3. The number of rotatable bonds is 21. The number of esters is 5. The summed E-state index contributed by atoms with van der Waals surface area (Å²) in [6, 6.07) is 5.14. The van der Waals surface area contributed by atoms with Gasteiger partial charge in [-0.15, -0.1) is 0 Å². The fourth-order valence-electron chi connectivity index (χ4n) is 6.76. The van der Waals surface area contributed by atoms with Crippen molar-refractivity contribution in [1.82, 2.24) is 21.3 Å². The molecular formula is C55H84N4O17. The number of aryl methyl sites for hydroxylation is 2. The molecule has 2 aliphatic rings. The molecule has 4 rings (SSSR count). The Morgan fingerprint density at radius 2 is 0.987 bits per heavy atom. The highest BCUT2D eigenvalue weighted by Crippen LogP contribution is 2.35. The number of hydrogen-bond acceptors (Lipinski definition) is 19. The van der Waals surface area contributed by atoms with Crippen molar-refractivity contribution in [3.8, 4) is 23.0 Å². The first-order valence-electron chi connectivity index (χ1n) is 25.6. The SMILES string of the molecule is Cc1cc(O)c(O)cc1C(=O)OCC(CNC(C)(C)CNC(=O)C1CCOC1)OC(=O)C(C)(C)C.Cc1cc(OC(=O)C(C)(C)C)c(OC(=O)C(C)(C)C)cc1C(=O)OCC(O)CNC(C)(C)CNC(=O)C1CCOC1. The summed E-state index contributed by atoms with van der Waals surface area (Å²) in [5, 5.41) is 42.0. The number of aliphatic hydroxyl groups excluding tert-OH is 1. The summed E-state index contributed by atoms with van der Waals surface area (Å²) in [4.78, 5) is 87.7.